The van der Waals surface area contributed by atoms with Crippen LogP contribution in [0.2, 0.25) is 0 Å². The lowest BCUT2D eigenvalue weighted by Crippen LogP contribution is -2.28. The van der Waals surface area contributed by atoms with Crippen LogP contribution in [0.1, 0.15) is 40.0 Å². The summed E-state index contributed by atoms with van der Waals surface area (Å²) in [5.41, 5.74) is -0.473. The van der Waals surface area contributed by atoms with Crippen LogP contribution in [0.5, 0.6) is 0 Å². The van der Waals surface area contributed by atoms with Gasteiger partial charge in [0, 0.05) is 12.0 Å². The highest BCUT2D eigenvalue weighted by molar-refractivity contribution is 5.86. The van der Waals surface area contributed by atoms with Crippen LogP contribution in [0.15, 0.2) is 12.2 Å². The normalized spacial score (nSPS) is 10.8. The van der Waals surface area contributed by atoms with E-state index in [-0.39, 0.29) is 25.2 Å². The van der Waals surface area contributed by atoms with Gasteiger partial charge in [0.2, 0.25) is 0 Å². The fourth-order valence-electron chi connectivity index (χ4n) is 1.37. The number of ether oxygens (including phenoxy) is 2. The molecule has 0 unspecified atom stereocenters. The molecule has 114 valence electrons. The number of carbonyl (C=O) groups is 3. The summed E-state index contributed by atoms with van der Waals surface area (Å²) in [6.45, 7) is 8.28. The smallest absolute Gasteiger partial charge is 0.333 e. The highest BCUT2D eigenvalue weighted by atomic mass is 16.6. The van der Waals surface area contributed by atoms with Gasteiger partial charge in [-0.05, 0) is 33.6 Å². The molecule has 0 radical (unpaired) electrons. The first kappa shape index (κ1) is 18.1. The highest BCUT2D eigenvalue weighted by Crippen LogP contribution is 2.24. The van der Waals surface area contributed by atoms with Crippen molar-refractivity contribution in [3.63, 3.8) is 0 Å². The molecule has 0 fully saturated rings. The Morgan fingerprint density at radius 3 is 2.20 bits per heavy atom. The summed E-state index contributed by atoms with van der Waals surface area (Å²) in [5.74, 6) is -1.85. The second-order valence-electron chi connectivity index (χ2n) is 5.18. The molecule has 0 saturated carbocycles. The van der Waals surface area contributed by atoms with Gasteiger partial charge in [0.25, 0.3) is 0 Å². The minimum Gasteiger partial charge on any atom is -0.481 e. The molecule has 0 rings (SSSR count). The third kappa shape index (κ3) is 7.56. The zero-order valence-corrected chi connectivity index (χ0v) is 12.2. The van der Waals surface area contributed by atoms with Gasteiger partial charge in [-0.1, -0.05) is 6.58 Å². The Morgan fingerprint density at radius 2 is 1.70 bits per heavy atom. The van der Waals surface area contributed by atoms with E-state index in [1.165, 1.54) is 6.92 Å². The van der Waals surface area contributed by atoms with Gasteiger partial charge >= 0.3 is 17.9 Å². The standard InChI is InChI=1S/C14H22O6/c1-10(2)12(17)19-8-9-20-13(18)14(3,4)7-5-6-11(15)16/h1,5-9H2,2-4H3,(H,15,16). The van der Waals surface area contributed by atoms with E-state index in [1.54, 1.807) is 13.8 Å². The Kier molecular flexibility index (Phi) is 7.57. The van der Waals surface area contributed by atoms with Gasteiger partial charge in [0.05, 0.1) is 5.41 Å². The number of rotatable bonds is 9. The van der Waals surface area contributed by atoms with Crippen molar-refractivity contribution >= 4 is 17.9 Å². The molecule has 0 amide bonds. The summed E-state index contributed by atoms with van der Waals surface area (Å²) in [7, 11) is 0. The number of carboxylic acid groups (broad SMARTS) is 1. The minimum atomic E-state index is -0.888. The largest absolute Gasteiger partial charge is 0.481 e. The van der Waals surface area contributed by atoms with Gasteiger partial charge in [0.1, 0.15) is 13.2 Å². The van der Waals surface area contributed by atoms with E-state index < -0.39 is 23.3 Å². The lowest BCUT2D eigenvalue weighted by Gasteiger charge is -2.22. The third-order valence-electron chi connectivity index (χ3n) is 2.64. The van der Waals surface area contributed by atoms with Crippen molar-refractivity contribution in [1.82, 2.24) is 0 Å². The Labute approximate surface area is 118 Å². The van der Waals surface area contributed by atoms with E-state index in [9.17, 15) is 14.4 Å². The van der Waals surface area contributed by atoms with Crippen LogP contribution < -0.4 is 0 Å². The van der Waals surface area contributed by atoms with Crippen LogP contribution >= 0.6 is 0 Å². The number of carbonyl (C=O) groups excluding carboxylic acids is 2. The lowest BCUT2D eigenvalue weighted by molar-refractivity contribution is -0.158. The van der Waals surface area contributed by atoms with Gasteiger partial charge in [-0.2, -0.15) is 0 Å². The van der Waals surface area contributed by atoms with Crippen LogP contribution in [-0.4, -0.2) is 36.2 Å². The molecule has 0 aromatic heterocycles. The Morgan fingerprint density at radius 1 is 1.15 bits per heavy atom. The monoisotopic (exact) mass is 286 g/mol. The first-order valence-electron chi connectivity index (χ1n) is 6.38. The van der Waals surface area contributed by atoms with E-state index in [4.69, 9.17) is 14.6 Å². The van der Waals surface area contributed by atoms with Crippen LogP contribution in [0.3, 0.4) is 0 Å². The predicted molar refractivity (Wildman–Crippen MR) is 72.0 cm³/mol. The van der Waals surface area contributed by atoms with E-state index in [0.717, 1.165) is 0 Å². The van der Waals surface area contributed by atoms with Crippen molar-refractivity contribution in [2.45, 2.75) is 40.0 Å². The molecule has 6 heteroatoms. The molecule has 0 aliphatic heterocycles. The SMILES string of the molecule is C=C(C)C(=O)OCCOC(=O)C(C)(C)CCCC(=O)O. The summed E-state index contributed by atoms with van der Waals surface area (Å²) in [6, 6.07) is 0. The average molecular weight is 286 g/mol. The summed E-state index contributed by atoms with van der Waals surface area (Å²) in [6.07, 6.45) is 0.846. The van der Waals surface area contributed by atoms with Crippen LogP contribution in [0.4, 0.5) is 0 Å². The van der Waals surface area contributed by atoms with Crippen molar-refractivity contribution < 1.29 is 29.0 Å². The fourth-order valence-corrected chi connectivity index (χ4v) is 1.37. The summed E-state index contributed by atoms with van der Waals surface area (Å²) in [5, 5.41) is 8.55. The molecular weight excluding hydrogens is 264 g/mol. The second-order valence-corrected chi connectivity index (χ2v) is 5.18. The zero-order chi connectivity index (χ0) is 15.8. The molecule has 0 aliphatic carbocycles. The molecule has 0 spiro atoms. The quantitative estimate of drug-likeness (QED) is 0.396. The average Bonchev–Trinajstić information content (AvgIpc) is 2.32. The highest BCUT2D eigenvalue weighted by Gasteiger charge is 2.29. The lowest BCUT2D eigenvalue weighted by atomic mass is 9.87. The van der Waals surface area contributed by atoms with Crippen molar-refractivity contribution in [3.8, 4) is 0 Å². The molecule has 20 heavy (non-hydrogen) atoms. The molecule has 0 saturated heterocycles. The third-order valence-corrected chi connectivity index (χ3v) is 2.64. The molecule has 0 aliphatic rings. The van der Waals surface area contributed by atoms with E-state index in [0.29, 0.717) is 12.8 Å². The van der Waals surface area contributed by atoms with Gasteiger partial charge < -0.3 is 14.6 Å². The van der Waals surface area contributed by atoms with Crippen molar-refractivity contribution in [2.75, 3.05) is 13.2 Å². The number of hydrogen-bond acceptors (Lipinski definition) is 5. The first-order chi connectivity index (χ1) is 9.16. The molecule has 1 N–H and O–H groups in total. The number of aliphatic carboxylic acids is 1. The molecule has 0 aromatic carbocycles. The zero-order valence-electron chi connectivity index (χ0n) is 12.2. The molecule has 0 aromatic rings. The molecular formula is C14H22O6. The van der Waals surface area contributed by atoms with Crippen molar-refractivity contribution in [3.05, 3.63) is 12.2 Å². The maximum atomic E-state index is 11.8. The van der Waals surface area contributed by atoms with Gasteiger partial charge in [-0.3, -0.25) is 9.59 Å². The number of hydrogen-bond donors (Lipinski definition) is 1. The maximum absolute atomic E-state index is 11.8. The predicted octanol–water partition coefficient (Wildman–Crippen LogP) is 1.93. The van der Waals surface area contributed by atoms with E-state index in [1.807, 2.05) is 0 Å². The summed E-state index contributed by atoms with van der Waals surface area (Å²) in [4.78, 5) is 33.3. The van der Waals surface area contributed by atoms with E-state index in [2.05, 4.69) is 6.58 Å². The molecule has 0 atom stereocenters. The van der Waals surface area contributed by atoms with Crippen molar-refractivity contribution in [1.29, 1.82) is 0 Å². The molecule has 6 nitrogen and oxygen atoms in total. The summed E-state index contributed by atoms with van der Waals surface area (Å²) < 4.78 is 9.79. The second kappa shape index (κ2) is 8.35. The van der Waals surface area contributed by atoms with Crippen LogP contribution in [0.25, 0.3) is 0 Å². The number of esters is 2. The molecule has 0 bridgehead atoms. The van der Waals surface area contributed by atoms with Gasteiger partial charge in [-0.15, -0.1) is 0 Å². The van der Waals surface area contributed by atoms with Crippen LogP contribution in [0, 0.1) is 5.41 Å². The summed E-state index contributed by atoms with van der Waals surface area (Å²) >= 11 is 0. The van der Waals surface area contributed by atoms with Crippen molar-refractivity contribution in [2.24, 2.45) is 5.41 Å². The first-order valence-corrected chi connectivity index (χ1v) is 6.38. The van der Waals surface area contributed by atoms with Gasteiger partial charge in [0.15, 0.2) is 0 Å². The minimum absolute atomic E-state index is 0.0208. The Bertz CT molecular complexity index is 383. The Balaban J connectivity index is 3.97. The van der Waals surface area contributed by atoms with E-state index >= 15 is 0 Å². The fraction of sp³-hybridized carbons (Fsp3) is 0.643. The topological polar surface area (TPSA) is 89.9 Å². The Hall–Kier alpha value is -1.85. The van der Waals surface area contributed by atoms with Crippen LogP contribution in [-0.2, 0) is 23.9 Å². The number of carboxylic acids is 1. The van der Waals surface area contributed by atoms with Gasteiger partial charge in [-0.25, -0.2) is 4.79 Å². The maximum Gasteiger partial charge on any atom is 0.333 e. The molecule has 0 heterocycles.